The lowest BCUT2D eigenvalue weighted by atomic mass is 10.2. The lowest BCUT2D eigenvalue weighted by molar-refractivity contribution is -0.385. The number of nitro benzene ring substituents is 1. The van der Waals surface area contributed by atoms with E-state index >= 15 is 0 Å². The van der Waals surface area contributed by atoms with Crippen LogP contribution in [0.4, 0.5) is 16.2 Å². The first-order chi connectivity index (χ1) is 8.00. The fraction of sp³-hybridized carbons (Fsp3) is 0.300. The van der Waals surface area contributed by atoms with Crippen LogP contribution in [-0.2, 0) is 4.74 Å². The minimum atomic E-state index is -0.846. The van der Waals surface area contributed by atoms with Crippen molar-refractivity contribution in [2.24, 2.45) is 5.73 Å². The third-order valence-corrected chi connectivity index (χ3v) is 2.08. The Morgan fingerprint density at radius 1 is 1.59 bits per heavy atom. The fourth-order valence-electron chi connectivity index (χ4n) is 1.26. The molecule has 0 saturated heterocycles. The Labute approximate surface area is 97.7 Å². The van der Waals surface area contributed by atoms with Crippen LogP contribution in [0.1, 0.15) is 5.56 Å². The van der Waals surface area contributed by atoms with Gasteiger partial charge in [-0.1, -0.05) is 6.07 Å². The van der Waals surface area contributed by atoms with Crippen molar-refractivity contribution in [2.45, 2.75) is 6.92 Å². The summed E-state index contributed by atoms with van der Waals surface area (Å²) in [5.74, 6) is 0. The van der Waals surface area contributed by atoms with E-state index in [1.807, 2.05) is 0 Å². The van der Waals surface area contributed by atoms with E-state index in [1.54, 1.807) is 19.1 Å². The first-order valence-electron chi connectivity index (χ1n) is 4.92. The summed E-state index contributed by atoms with van der Waals surface area (Å²) in [6.07, 6.45) is -0.846. The summed E-state index contributed by atoms with van der Waals surface area (Å²) in [5.41, 5.74) is 6.01. The molecule has 3 N–H and O–H groups in total. The van der Waals surface area contributed by atoms with Gasteiger partial charge in [0.25, 0.3) is 5.69 Å². The Morgan fingerprint density at radius 3 is 2.88 bits per heavy atom. The number of nitrogens with one attached hydrogen (secondary N) is 1. The van der Waals surface area contributed by atoms with Gasteiger partial charge < -0.3 is 15.8 Å². The van der Waals surface area contributed by atoms with Crippen molar-refractivity contribution in [2.75, 3.05) is 18.5 Å². The van der Waals surface area contributed by atoms with Crippen molar-refractivity contribution >= 4 is 17.5 Å². The van der Waals surface area contributed by atoms with Gasteiger partial charge in [0, 0.05) is 23.9 Å². The van der Waals surface area contributed by atoms with Crippen LogP contribution in [0.15, 0.2) is 18.2 Å². The van der Waals surface area contributed by atoms with Crippen LogP contribution in [0.5, 0.6) is 0 Å². The number of hydrogen-bond acceptors (Lipinski definition) is 5. The summed E-state index contributed by atoms with van der Waals surface area (Å²) >= 11 is 0. The molecule has 7 nitrogen and oxygen atoms in total. The van der Waals surface area contributed by atoms with Crippen molar-refractivity contribution in [1.82, 2.24) is 0 Å². The Balaban J connectivity index is 2.57. The highest BCUT2D eigenvalue weighted by Gasteiger charge is 2.10. The molecule has 0 fully saturated rings. The van der Waals surface area contributed by atoms with Crippen molar-refractivity contribution in [3.05, 3.63) is 33.9 Å². The molecule has 0 aliphatic rings. The van der Waals surface area contributed by atoms with Crippen LogP contribution in [0.3, 0.4) is 0 Å². The van der Waals surface area contributed by atoms with Gasteiger partial charge in [0.2, 0.25) is 0 Å². The number of primary amides is 1. The second-order valence-corrected chi connectivity index (χ2v) is 3.35. The molecule has 0 aliphatic carbocycles. The number of ether oxygens (including phenoxy) is 1. The highest BCUT2D eigenvalue weighted by Crippen LogP contribution is 2.21. The van der Waals surface area contributed by atoms with E-state index in [0.717, 1.165) is 0 Å². The van der Waals surface area contributed by atoms with E-state index in [9.17, 15) is 14.9 Å². The monoisotopic (exact) mass is 239 g/mol. The molecule has 0 bridgehead atoms. The molecular formula is C10H13N3O4. The predicted molar refractivity (Wildman–Crippen MR) is 61.9 cm³/mol. The number of anilines is 1. The SMILES string of the molecule is Cc1ccc(NCCOC(N)=O)cc1[N+](=O)[O-]. The molecule has 1 aromatic carbocycles. The number of nitrogens with zero attached hydrogens (tertiary/aromatic N) is 1. The molecule has 0 heterocycles. The van der Waals surface area contributed by atoms with E-state index in [4.69, 9.17) is 5.73 Å². The summed E-state index contributed by atoms with van der Waals surface area (Å²) in [5, 5.41) is 13.6. The van der Waals surface area contributed by atoms with E-state index in [-0.39, 0.29) is 12.3 Å². The molecular weight excluding hydrogens is 226 g/mol. The van der Waals surface area contributed by atoms with Gasteiger partial charge >= 0.3 is 6.09 Å². The Kier molecular flexibility index (Phi) is 4.27. The van der Waals surface area contributed by atoms with E-state index < -0.39 is 11.0 Å². The maximum Gasteiger partial charge on any atom is 0.404 e. The van der Waals surface area contributed by atoms with Crippen molar-refractivity contribution in [1.29, 1.82) is 0 Å². The van der Waals surface area contributed by atoms with Crippen LogP contribution in [0.25, 0.3) is 0 Å². The van der Waals surface area contributed by atoms with E-state index in [1.165, 1.54) is 6.07 Å². The summed E-state index contributed by atoms with van der Waals surface area (Å²) in [7, 11) is 0. The maximum atomic E-state index is 10.7. The predicted octanol–water partition coefficient (Wildman–Crippen LogP) is 1.41. The van der Waals surface area contributed by atoms with Gasteiger partial charge in [-0.3, -0.25) is 10.1 Å². The normalized spacial score (nSPS) is 9.71. The first-order valence-corrected chi connectivity index (χ1v) is 4.92. The largest absolute Gasteiger partial charge is 0.448 e. The van der Waals surface area contributed by atoms with Gasteiger partial charge in [0.15, 0.2) is 0 Å². The van der Waals surface area contributed by atoms with Gasteiger partial charge in [0.1, 0.15) is 6.61 Å². The molecule has 92 valence electrons. The number of amides is 1. The number of aryl methyl sites for hydroxylation is 1. The molecule has 0 aromatic heterocycles. The van der Waals surface area contributed by atoms with Crippen LogP contribution in [0, 0.1) is 17.0 Å². The molecule has 7 heteroatoms. The third kappa shape index (κ3) is 3.98. The summed E-state index contributed by atoms with van der Waals surface area (Å²) in [6, 6.07) is 4.79. The van der Waals surface area contributed by atoms with E-state index in [0.29, 0.717) is 17.8 Å². The zero-order chi connectivity index (χ0) is 12.8. The van der Waals surface area contributed by atoms with Crippen LogP contribution in [0.2, 0.25) is 0 Å². The number of benzene rings is 1. The molecule has 1 aromatic rings. The molecule has 0 unspecified atom stereocenters. The van der Waals surface area contributed by atoms with Crippen molar-refractivity contribution < 1.29 is 14.5 Å². The molecule has 0 atom stereocenters. The number of carbonyl (C=O) groups is 1. The second-order valence-electron chi connectivity index (χ2n) is 3.35. The lowest BCUT2D eigenvalue weighted by Gasteiger charge is -2.06. The number of nitrogens with two attached hydrogens (primary N) is 1. The molecule has 17 heavy (non-hydrogen) atoms. The van der Waals surface area contributed by atoms with Crippen LogP contribution >= 0.6 is 0 Å². The van der Waals surface area contributed by atoms with Gasteiger partial charge in [0.05, 0.1) is 4.92 Å². The quantitative estimate of drug-likeness (QED) is 0.459. The smallest absolute Gasteiger partial charge is 0.404 e. The zero-order valence-corrected chi connectivity index (χ0v) is 9.30. The summed E-state index contributed by atoms with van der Waals surface area (Å²) in [6.45, 7) is 2.11. The number of carbonyl (C=O) groups excluding carboxylic acids is 1. The van der Waals surface area contributed by atoms with Gasteiger partial charge in [-0.05, 0) is 13.0 Å². The Bertz CT molecular complexity index is 434. The van der Waals surface area contributed by atoms with Crippen molar-refractivity contribution in [3.8, 4) is 0 Å². The molecule has 0 spiro atoms. The van der Waals surface area contributed by atoms with Crippen LogP contribution < -0.4 is 11.1 Å². The first kappa shape index (κ1) is 12.8. The Hall–Kier alpha value is -2.31. The highest BCUT2D eigenvalue weighted by molar-refractivity contribution is 5.64. The third-order valence-electron chi connectivity index (χ3n) is 2.08. The standard InChI is InChI=1S/C10H13N3O4/c1-7-2-3-8(6-9(7)13(15)16)12-4-5-17-10(11)14/h2-3,6,12H,4-5H2,1H3,(H2,11,14). The number of hydrogen-bond donors (Lipinski definition) is 2. The number of nitro groups is 1. The van der Waals surface area contributed by atoms with Gasteiger partial charge in [-0.15, -0.1) is 0 Å². The molecule has 1 rings (SSSR count). The molecule has 0 radical (unpaired) electrons. The second kappa shape index (κ2) is 5.69. The molecule has 0 saturated carbocycles. The minimum Gasteiger partial charge on any atom is -0.448 e. The zero-order valence-electron chi connectivity index (χ0n) is 9.30. The average Bonchev–Trinajstić information content (AvgIpc) is 2.25. The van der Waals surface area contributed by atoms with Gasteiger partial charge in [-0.2, -0.15) is 0 Å². The van der Waals surface area contributed by atoms with Crippen molar-refractivity contribution in [3.63, 3.8) is 0 Å². The summed E-state index contributed by atoms with van der Waals surface area (Å²) < 4.78 is 4.51. The highest BCUT2D eigenvalue weighted by atomic mass is 16.6. The molecule has 0 aliphatic heterocycles. The van der Waals surface area contributed by atoms with Gasteiger partial charge in [-0.25, -0.2) is 4.79 Å². The topological polar surface area (TPSA) is 107 Å². The average molecular weight is 239 g/mol. The Morgan fingerprint density at radius 2 is 2.29 bits per heavy atom. The molecule has 1 amide bonds. The maximum absolute atomic E-state index is 10.7. The summed E-state index contributed by atoms with van der Waals surface area (Å²) in [4.78, 5) is 20.5. The number of rotatable bonds is 5. The lowest BCUT2D eigenvalue weighted by Crippen LogP contribution is -2.18. The van der Waals surface area contributed by atoms with Crippen LogP contribution in [-0.4, -0.2) is 24.2 Å². The van der Waals surface area contributed by atoms with E-state index in [2.05, 4.69) is 10.1 Å². The minimum absolute atomic E-state index is 0.0471. The fourth-order valence-corrected chi connectivity index (χ4v) is 1.26.